The Kier molecular flexibility index (Phi) is 6.22. The molecule has 1 aliphatic carbocycles. The number of nitrogens with zero attached hydrogens (tertiary/aromatic N) is 1. The van der Waals surface area contributed by atoms with E-state index < -0.39 is 5.97 Å². The summed E-state index contributed by atoms with van der Waals surface area (Å²) in [6.07, 6.45) is 2.70. The number of benzene rings is 2. The molecule has 1 heterocycles. The largest absolute Gasteiger partial charge is 0.375 e. The summed E-state index contributed by atoms with van der Waals surface area (Å²) in [6.45, 7) is 0. The average molecular weight is 422 g/mol. The Balaban J connectivity index is 1.46. The van der Waals surface area contributed by atoms with Crippen molar-refractivity contribution >= 4 is 40.6 Å². The van der Waals surface area contributed by atoms with E-state index in [1.807, 2.05) is 42.5 Å². The van der Waals surface area contributed by atoms with Gasteiger partial charge in [0, 0.05) is 15.4 Å². The summed E-state index contributed by atoms with van der Waals surface area (Å²) in [6, 6.07) is 21.0. The maximum absolute atomic E-state index is 13.0. The molecule has 0 aliphatic heterocycles. The van der Waals surface area contributed by atoms with Crippen LogP contribution in [-0.4, -0.2) is 17.5 Å². The van der Waals surface area contributed by atoms with Crippen molar-refractivity contribution in [2.45, 2.75) is 29.1 Å². The maximum atomic E-state index is 13.0. The first kappa shape index (κ1) is 19.6. The molecular weight excluding hydrogens is 402 g/mol. The molecule has 29 heavy (non-hydrogen) atoms. The van der Waals surface area contributed by atoms with E-state index in [9.17, 15) is 9.59 Å². The lowest BCUT2D eigenvalue weighted by molar-refractivity contribution is 0.0520. The molecule has 2 aromatic carbocycles. The molecule has 0 saturated heterocycles. The van der Waals surface area contributed by atoms with E-state index in [1.54, 1.807) is 41.4 Å². The molecule has 0 bridgehead atoms. The lowest BCUT2D eigenvalue weighted by atomic mass is 10.0. The van der Waals surface area contributed by atoms with Crippen molar-refractivity contribution < 1.29 is 14.4 Å². The van der Waals surface area contributed by atoms with Gasteiger partial charge in [0.15, 0.2) is 0 Å². The molecule has 0 radical (unpaired) electrons. The molecule has 0 amide bonds. The Morgan fingerprint density at radius 1 is 0.966 bits per heavy atom. The Labute approximate surface area is 177 Å². The van der Waals surface area contributed by atoms with Crippen LogP contribution in [0.3, 0.4) is 0 Å². The fraction of sp³-hybridized carbons (Fsp3) is 0.174. The summed E-state index contributed by atoms with van der Waals surface area (Å²) in [5.74, 6) is -0.270. The van der Waals surface area contributed by atoms with Gasteiger partial charge >= 0.3 is 5.97 Å². The number of hydrogen-bond acceptors (Lipinski definition) is 6. The topological polar surface area (TPSA) is 55.7 Å². The van der Waals surface area contributed by atoms with Crippen LogP contribution < -0.4 is 0 Å². The highest BCUT2D eigenvalue weighted by Gasteiger charge is 2.27. The average Bonchev–Trinajstić information content (AvgIpc) is 3.40. The van der Waals surface area contributed by atoms with E-state index in [0.717, 1.165) is 22.6 Å². The lowest BCUT2D eigenvalue weighted by Crippen LogP contribution is -2.16. The highest BCUT2D eigenvalue weighted by atomic mass is 32.2. The molecule has 1 saturated carbocycles. The molecule has 0 atom stereocenters. The van der Waals surface area contributed by atoms with Crippen LogP contribution >= 0.6 is 23.1 Å². The maximum Gasteiger partial charge on any atom is 0.375 e. The zero-order valence-electron chi connectivity index (χ0n) is 15.6. The first-order valence-corrected chi connectivity index (χ1v) is 11.1. The molecule has 4 nitrogen and oxygen atoms in total. The van der Waals surface area contributed by atoms with Crippen molar-refractivity contribution in [1.29, 1.82) is 0 Å². The molecule has 1 fully saturated rings. The highest BCUT2D eigenvalue weighted by Crippen LogP contribution is 2.33. The number of hydrogen-bond donors (Lipinski definition) is 0. The molecule has 0 unspecified atom stereocenters. The van der Waals surface area contributed by atoms with Crippen LogP contribution in [0.5, 0.6) is 0 Å². The SMILES string of the molecule is O=C(C(CC1CC1)=NOC(=O)c1cccs1)c1ccc(Sc2ccccc2)cc1. The standard InChI is InChI=1S/C23H19NO3S2/c25-22(17-10-12-19(13-11-17)29-18-5-2-1-3-6-18)20(15-16-8-9-16)24-27-23(26)21-7-4-14-28-21/h1-7,10-14,16H,8-9,15H2. The lowest BCUT2D eigenvalue weighted by Gasteiger charge is -2.06. The molecule has 1 aromatic heterocycles. The van der Waals surface area contributed by atoms with Gasteiger partial charge in [0.25, 0.3) is 0 Å². The molecule has 0 spiro atoms. The minimum Gasteiger partial charge on any atom is -0.311 e. The predicted molar refractivity (Wildman–Crippen MR) is 116 cm³/mol. The van der Waals surface area contributed by atoms with Gasteiger partial charge < -0.3 is 4.84 Å². The van der Waals surface area contributed by atoms with Gasteiger partial charge in [0.2, 0.25) is 5.78 Å². The van der Waals surface area contributed by atoms with Crippen LogP contribution in [0.2, 0.25) is 0 Å². The second kappa shape index (κ2) is 9.20. The predicted octanol–water partition coefficient (Wildman–Crippen LogP) is 6.10. The first-order chi connectivity index (χ1) is 14.2. The Morgan fingerprint density at radius 3 is 2.34 bits per heavy atom. The van der Waals surface area contributed by atoms with Gasteiger partial charge in [0.1, 0.15) is 10.6 Å². The number of oxime groups is 1. The zero-order valence-corrected chi connectivity index (χ0v) is 17.2. The highest BCUT2D eigenvalue weighted by molar-refractivity contribution is 7.99. The Hall–Kier alpha value is -2.70. The quantitative estimate of drug-likeness (QED) is 0.191. The van der Waals surface area contributed by atoms with Crippen molar-refractivity contribution in [2.24, 2.45) is 11.1 Å². The Bertz CT molecular complexity index is 1010. The molecule has 0 N–H and O–H groups in total. The van der Waals surface area contributed by atoms with Crippen molar-refractivity contribution in [3.8, 4) is 0 Å². The fourth-order valence-electron chi connectivity index (χ4n) is 2.77. The molecule has 1 aliphatic rings. The minimum atomic E-state index is -0.532. The van der Waals surface area contributed by atoms with E-state index in [1.165, 1.54) is 11.3 Å². The van der Waals surface area contributed by atoms with E-state index in [-0.39, 0.29) is 5.78 Å². The van der Waals surface area contributed by atoms with E-state index in [0.29, 0.717) is 28.5 Å². The van der Waals surface area contributed by atoms with Gasteiger partial charge in [-0.3, -0.25) is 4.79 Å². The minimum absolute atomic E-state index is 0.188. The fourth-order valence-corrected chi connectivity index (χ4v) is 4.20. The van der Waals surface area contributed by atoms with Crippen molar-refractivity contribution in [3.05, 3.63) is 82.6 Å². The van der Waals surface area contributed by atoms with Gasteiger partial charge in [-0.2, -0.15) is 0 Å². The number of rotatable bonds is 8. The van der Waals surface area contributed by atoms with Gasteiger partial charge in [0.05, 0.1) is 0 Å². The number of carbonyl (C=O) groups is 2. The van der Waals surface area contributed by atoms with Crippen LogP contribution in [0.25, 0.3) is 0 Å². The van der Waals surface area contributed by atoms with Crippen LogP contribution in [0, 0.1) is 5.92 Å². The third kappa shape index (κ3) is 5.43. The summed E-state index contributed by atoms with van der Waals surface area (Å²) in [5.41, 5.74) is 0.856. The summed E-state index contributed by atoms with van der Waals surface area (Å²) in [7, 11) is 0. The summed E-state index contributed by atoms with van der Waals surface area (Å²) >= 11 is 2.92. The molecule has 146 valence electrons. The third-order valence-corrected chi connectivity index (χ3v) is 6.36. The summed E-state index contributed by atoms with van der Waals surface area (Å²) < 4.78 is 0. The van der Waals surface area contributed by atoms with Crippen molar-refractivity contribution in [1.82, 2.24) is 0 Å². The third-order valence-electron chi connectivity index (χ3n) is 4.50. The van der Waals surface area contributed by atoms with Crippen LogP contribution in [-0.2, 0) is 4.84 Å². The van der Waals surface area contributed by atoms with Crippen LogP contribution in [0.15, 0.2) is 87.1 Å². The van der Waals surface area contributed by atoms with Gasteiger partial charge in [-0.25, -0.2) is 4.79 Å². The number of carbonyl (C=O) groups excluding carboxylic acids is 2. The number of thiophene rings is 1. The Morgan fingerprint density at radius 2 is 1.69 bits per heavy atom. The van der Waals surface area contributed by atoms with Gasteiger partial charge in [-0.05, 0) is 73.0 Å². The van der Waals surface area contributed by atoms with Gasteiger partial charge in [-0.15, -0.1) is 11.3 Å². The van der Waals surface area contributed by atoms with Crippen molar-refractivity contribution in [3.63, 3.8) is 0 Å². The number of ketones is 1. The first-order valence-electron chi connectivity index (χ1n) is 9.38. The van der Waals surface area contributed by atoms with Gasteiger partial charge in [-0.1, -0.05) is 41.2 Å². The van der Waals surface area contributed by atoms with E-state index in [2.05, 4.69) is 5.16 Å². The summed E-state index contributed by atoms with van der Waals surface area (Å²) in [5, 5.41) is 5.74. The smallest absolute Gasteiger partial charge is 0.311 e. The molecular formula is C23H19NO3S2. The molecule has 6 heteroatoms. The zero-order chi connectivity index (χ0) is 20.1. The second-order valence-corrected chi connectivity index (χ2v) is 8.90. The van der Waals surface area contributed by atoms with Crippen molar-refractivity contribution in [2.75, 3.05) is 0 Å². The number of Topliss-reactive ketones (excluding diaryl/α,β-unsaturated/α-hetero) is 1. The summed E-state index contributed by atoms with van der Waals surface area (Å²) in [4.78, 5) is 32.7. The van der Waals surface area contributed by atoms with E-state index >= 15 is 0 Å². The van der Waals surface area contributed by atoms with Crippen LogP contribution in [0.1, 0.15) is 39.3 Å². The van der Waals surface area contributed by atoms with Crippen LogP contribution in [0.4, 0.5) is 0 Å². The van der Waals surface area contributed by atoms with E-state index in [4.69, 9.17) is 4.84 Å². The molecule has 3 aromatic rings. The second-order valence-electron chi connectivity index (χ2n) is 6.81. The normalized spacial score (nSPS) is 13.9. The molecule has 4 rings (SSSR count). The monoisotopic (exact) mass is 421 g/mol.